The summed E-state index contributed by atoms with van der Waals surface area (Å²) in [6.07, 6.45) is 4.63. The minimum Gasteiger partial charge on any atom is -0.457 e. The van der Waals surface area contributed by atoms with E-state index in [4.69, 9.17) is 4.74 Å². The molecule has 0 heterocycles. The molecule has 0 saturated carbocycles. The Morgan fingerprint density at radius 1 is 1.57 bits per heavy atom. The topological polar surface area (TPSA) is 43.4 Å². The van der Waals surface area contributed by atoms with Crippen molar-refractivity contribution in [2.45, 2.75) is 33.1 Å². The largest absolute Gasteiger partial charge is 0.457 e. The maximum atomic E-state index is 11.4. The first-order chi connectivity index (χ1) is 6.59. The number of rotatable bonds is 3. The number of ketones is 1. The summed E-state index contributed by atoms with van der Waals surface area (Å²) in [5, 5.41) is 0. The van der Waals surface area contributed by atoms with Gasteiger partial charge in [0.05, 0.1) is 5.92 Å². The Morgan fingerprint density at radius 2 is 2.29 bits per heavy atom. The highest BCUT2D eigenvalue weighted by molar-refractivity contribution is 5.81. The Morgan fingerprint density at radius 3 is 2.79 bits per heavy atom. The molecular weight excluding hydrogens is 180 g/mol. The second kappa shape index (κ2) is 4.94. The molecule has 0 radical (unpaired) electrons. The van der Waals surface area contributed by atoms with E-state index in [1.807, 2.05) is 0 Å². The lowest BCUT2D eigenvalue weighted by Gasteiger charge is -2.18. The normalized spacial score (nSPS) is 21.3. The first-order valence-corrected chi connectivity index (χ1v) is 4.91. The van der Waals surface area contributed by atoms with Crippen LogP contribution in [-0.4, -0.2) is 18.4 Å². The number of allylic oxidation sites excluding steroid dienone is 2. The van der Waals surface area contributed by atoms with Gasteiger partial charge in [0.2, 0.25) is 0 Å². The third kappa shape index (κ3) is 3.32. The number of ether oxygens (including phenoxy) is 1. The molecule has 0 aliphatic heterocycles. The van der Waals surface area contributed by atoms with Gasteiger partial charge < -0.3 is 4.74 Å². The highest BCUT2D eigenvalue weighted by Crippen LogP contribution is 2.23. The van der Waals surface area contributed by atoms with Crippen LogP contribution in [0.2, 0.25) is 0 Å². The average Bonchev–Trinajstić information content (AvgIpc) is 2.15. The molecule has 1 atom stereocenters. The van der Waals surface area contributed by atoms with Crippen molar-refractivity contribution in [3.05, 3.63) is 11.6 Å². The number of carbonyl (C=O) groups is 2. The van der Waals surface area contributed by atoms with E-state index in [9.17, 15) is 9.59 Å². The van der Waals surface area contributed by atoms with Gasteiger partial charge in [-0.2, -0.15) is 0 Å². The van der Waals surface area contributed by atoms with Gasteiger partial charge in [-0.05, 0) is 33.1 Å². The van der Waals surface area contributed by atoms with Crippen LogP contribution in [0.1, 0.15) is 33.1 Å². The summed E-state index contributed by atoms with van der Waals surface area (Å²) < 4.78 is 4.86. The van der Waals surface area contributed by atoms with Crippen LogP contribution in [0.25, 0.3) is 0 Å². The molecule has 1 unspecified atom stereocenters. The maximum Gasteiger partial charge on any atom is 0.309 e. The molecule has 1 aliphatic carbocycles. The molecule has 0 amide bonds. The van der Waals surface area contributed by atoms with Crippen LogP contribution >= 0.6 is 0 Å². The highest BCUT2D eigenvalue weighted by atomic mass is 16.5. The van der Waals surface area contributed by atoms with Gasteiger partial charge in [0.1, 0.15) is 6.61 Å². The van der Waals surface area contributed by atoms with Gasteiger partial charge in [0, 0.05) is 0 Å². The molecule has 0 saturated heterocycles. The van der Waals surface area contributed by atoms with E-state index in [0.717, 1.165) is 19.3 Å². The van der Waals surface area contributed by atoms with Crippen LogP contribution in [-0.2, 0) is 14.3 Å². The van der Waals surface area contributed by atoms with Crippen LogP contribution < -0.4 is 0 Å². The summed E-state index contributed by atoms with van der Waals surface area (Å²) in [6, 6.07) is 0. The third-order valence-electron chi connectivity index (χ3n) is 2.39. The predicted octanol–water partition coefficient (Wildman–Crippen LogP) is 1.86. The first-order valence-electron chi connectivity index (χ1n) is 4.91. The maximum absolute atomic E-state index is 11.4. The summed E-state index contributed by atoms with van der Waals surface area (Å²) >= 11 is 0. The van der Waals surface area contributed by atoms with Gasteiger partial charge in [0.15, 0.2) is 5.78 Å². The van der Waals surface area contributed by atoms with Crippen LogP contribution in [0, 0.1) is 5.92 Å². The minimum absolute atomic E-state index is 0.0435. The van der Waals surface area contributed by atoms with Gasteiger partial charge in [-0.15, -0.1) is 0 Å². The van der Waals surface area contributed by atoms with E-state index in [1.165, 1.54) is 12.5 Å². The summed E-state index contributed by atoms with van der Waals surface area (Å²) in [4.78, 5) is 22.0. The lowest BCUT2D eigenvalue weighted by Crippen LogP contribution is -2.21. The molecule has 0 spiro atoms. The van der Waals surface area contributed by atoms with Crippen molar-refractivity contribution in [2.24, 2.45) is 5.92 Å². The van der Waals surface area contributed by atoms with Crippen molar-refractivity contribution in [1.82, 2.24) is 0 Å². The summed E-state index contributed by atoms with van der Waals surface area (Å²) in [5.74, 6) is -0.386. The molecular formula is C11H16O3. The van der Waals surface area contributed by atoms with Crippen molar-refractivity contribution >= 4 is 11.8 Å². The Balaban J connectivity index is 2.35. The molecule has 14 heavy (non-hydrogen) atoms. The Kier molecular flexibility index (Phi) is 3.86. The Hall–Kier alpha value is -1.12. The summed E-state index contributed by atoms with van der Waals surface area (Å²) in [7, 11) is 0. The molecule has 0 aromatic carbocycles. The average molecular weight is 196 g/mol. The van der Waals surface area contributed by atoms with Crippen molar-refractivity contribution in [2.75, 3.05) is 6.61 Å². The van der Waals surface area contributed by atoms with Gasteiger partial charge in [-0.1, -0.05) is 11.6 Å². The van der Waals surface area contributed by atoms with Crippen molar-refractivity contribution in [3.8, 4) is 0 Å². The van der Waals surface area contributed by atoms with Crippen molar-refractivity contribution in [3.63, 3.8) is 0 Å². The summed E-state index contributed by atoms with van der Waals surface area (Å²) in [6.45, 7) is 3.40. The van der Waals surface area contributed by atoms with Crippen LogP contribution in [0.4, 0.5) is 0 Å². The van der Waals surface area contributed by atoms with E-state index in [-0.39, 0.29) is 24.3 Å². The Bertz CT molecular complexity index is 266. The smallest absolute Gasteiger partial charge is 0.309 e. The first kappa shape index (κ1) is 11.0. The second-order valence-corrected chi connectivity index (χ2v) is 3.83. The van der Waals surface area contributed by atoms with E-state index in [2.05, 4.69) is 13.0 Å². The van der Waals surface area contributed by atoms with E-state index in [0.29, 0.717) is 0 Å². The molecule has 1 rings (SSSR count). The molecule has 78 valence electrons. The van der Waals surface area contributed by atoms with Crippen molar-refractivity contribution < 1.29 is 14.3 Å². The molecule has 0 aromatic rings. The Labute approximate surface area is 84.1 Å². The van der Waals surface area contributed by atoms with Gasteiger partial charge in [-0.3, -0.25) is 9.59 Å². The third-order valence-corrected chi connectivity index (χ3v) is 2.39. The number of hydrogen-bond acceptors (Lipinski definition) is 3. The molecule has 1 aliphatic rings. The molecule has 0 N–H and O–H groups in total. The standard InChI is InChI=1S/C11H16O3/c1-8-3-5-10(6-4-8)11(13)14-7-9(2)12/h3,10H,4-7H2,1-2H3. The number of carbonyl (C=O) groups excluding carboxylic acids is 2. The van der Waals surface area contributed by atoms with E-state index >= 15 is 0 Å². The van der Waals surface area contributed by atoms with E-state index in [1.54, 1.807) is 0 Å². The number of hydrogen-bond donors (Lipinski definition) is 0. The SMILES string of the molecule is CC(=O)COC(=O)C1CC=C(C)CC1. The van der Waals surface area contributed by atoms with Gasteiger partial charge in [0.25, 0.3) is 0 Å². The quantitative estimate of drug-likeness (QED) is 0.511. The predicted molar refractivity (Wildman–Crippen MR) is 52.7 cm³/mol. The van der Waals surface area contributed by atoms with Crippen LogP contribution in [0.5, 0.6) is 0 Å². The van der Waals surface area contributed by atoms with Crippen LogP contribution in [0.3, 0.4) is 0 Å². The summed E-state index contributed by atoms with van der Waals surface area (Å²) in [5.41, 5.74) is 1.33. The number of Topliss-reactive ketones (excluding diaryl/α,β-unsaturated/α-hetero) is 1. The molecule has 3 heteroatoms. The molecule has 3 nitrogen and oxygen atoms in total. The fraction of sp³-hybridized carbons (Fsp3) is 0.636. The molecule has 0 fully saturated rings. The lowest BCUT2D eigenvalue weighted by atomic mass is 9.90. The fourth-order valence-electron chi connectivity index (χ4n) is 1.47. The zero-order valence-electron chi connectivity index (χ0n) is 8.71. The van der Waals surface area contributed by atoms with Gasteiger partial charge in [-0.25, -0.2) is 0 Å². The fourth-order valence-corrected chi connectivity index (χ4v) is 1.47. The molecule has 0 bridgehead atoms. The highest BCUT2D eigenvalue weighted by Gasteiger charge is 2.21. The monoisotopic (exact) mass is 196 g/mol. The van der Waals surface area contributed by atoms with Crippen molar-refractivity contribution in [1.29, 1.82) is 0 Å². The molecule has 0 aromatic heterocycles. The zero-order chi connectivity index (χ0) is 10.6. The van der Waals surface area contributed by atoms with Gasteiger partial charge >= 0.3 is 5.97 Å². The zero-order valence-corrected chi connectivity index (χ0v) is 8.71. The van der Waals surface area contributed by atoms with E-state index < -0.39 is 0 Å². The number of esters is 1. The second-order valence-electron chi connectivity index (χ2n) is 3.83. The lowest BCUT2D eigenvalue weighted by molar-refractivity contribution is -0.152. The van der Waals surface area contributed by atoms with Crippen LogP contribution in [0.15, 0.2) is 11.6 Å². The minimum atomic E-state index is -0.232.